The van der Waals surface area contributed by atoms with E-state index < -0.39 is 5.60 Å². The van der Waals surface area contributed by atoms with E-state index in [1.807, 2.05) is 84.9 Å². The molecule has 0 amide bonds. The maximum absolute atomic E-state index is 11.9. The van der Waals surface area contributed by atoms with Crippen LogP contribution < -0.4 is 5.43 Å². The third-order valence-electron chi connectivity index (χ3n) is 7.30. The van der Waals surface area contributed by atoms with Crippen molar-refractivity contribution in [1.29, 1.82) is 0 Å². The molecular formula is C33H28N4O. The lowest BCUT2D eigenvalue weighted by molar-refractivity contribution is 0.113. The Labute approximate surface area is 222 Å². The van der Waals surface area contributed by atoms with E-state index in [0.29, 0.717) is 12.2 Å². The van der Waals surface area contributed by atoms with E-state index in [2.05, 4.69) is 53.7 Å². The molecule has 0 unspecified atom stereocenters. The molecule has 0 saturated heterocycles. The van der Waals surface area contributed by atoms with E-state index in [9.17, 15) is 5.11 Å². The largest absolute Gasteiger partial charge is 0.380 e. The number of fused-ring (bicyclic) bond motifs is 1. The van der Waals surface area contributed by atoms with Crippen LogP contribution in [0.15, 0.2) is 114 Å². The molecule has 0 aliphatic heterocycles. The molecule has 38 heavy (non-hydrogen) atoms. The number of hydrazone groups is 1. The van der Waals surface area contributed by atoms with Gasteiger partial charge in [-0.1, -0.05) is 97.1 Å². The second kappa shape index (κ2) is 9.69. The molecule has 1 atom stereocenters. The molecule has 5 aromatic rings. The van der Waals surface area contributed by atoms with E-state index in [0.717, 1.165) is 44.4 Å². The molecule has 0 saturated carbocycles. The summed E-state index contributed by atoms with van der Waals surface area (Å²) < 4.78 is 0. The van der Waals surface area contributed by atoms with Crippen molar-refractivity contribution in [1.82, 2.24) is 10.2 Å². The fourth-order valence-corrected chi connectivity index (χ4v) is 5.09. The van der Waals surface area contributed by atoms with Crippen LogP contribution in [0.5, 0.6) is 0 Å². The molecule has 0 spiro atoms. The molecule has 0 radical (unpaired) electrons. The Balaban J connectivity index is 1.38. The van der Waals surface area contributed by atoms with Crippen LogP contribution in [-0.4, -0.2) is 21.0 Å². The van der Waals surface area contributed by atoms with Gasteiger partial charge in [0.25, 0.3) is 0 Å². The second-order valence-corrected chi connectivity index (χ2v) is 9.78. The minimum absolute atomic E-state index is 0.348. The normalized spacial score (nSPS) is 18.1. The van der Waals surface area contributed by atoms with Gasteiger partial charge in [0.2, 0.25) is 0 Å². The van der Waals surface area contributed by atoms with Gasteiger partial charge >= 0.3 is 0 Å². The molecule has 4 aromatic carbocycles. The first-order valence-corrected chi connectivity index (χ1v) is 12.7. The highest BCUT2D eigenvalue weighted by Gasteiger charge is 2.40. The Morgan fingerprint density at radius 2 is 1.42 bits per heavy atom. The zero-order valence-corrected chi connectivity index (χ0v) is 21.4. The van der Waals surface area contributed by atoms with Gasteiger partial charge in [0.1, 0.15) is 11.3 Å². The Bertz CT molecular complexity index is 1690. The average molecular weight is 497 g/mol. The summed E-state index contributed by atoms with van der Waals surface area (Å²) in [7, 11) is 0. The van der Waals surface area contributed by atoms with Crippen LogP contribution in [0.4, 0.5) is 5.82 Å². The molecule has 0 fully saturated rings. The van der Waals surface area contributed by atoms with Gasteiger partial charge in [-0.3, -0.25) is 5.43 Å². The van der Waals surface area contributed by atoms with E-state index >= 15 is 0 Å². The summed E-state index contributed by atoms with van der Waals surface area (Å²) in [6.07, 6.45) is 2.31. The van der Waals surface area contributed by atoms with Crippen molar-refractivity contribution in [2.45, 2.75) is 25.9 Å². The fraction of sp³-hybridized carbons (Fsp3) is 0.121. The van der Waals surface area contributed by atoms with Crippen molar-refractivity contribution >= 4 is 27.9 Å². The second-order valence-electron chi connectivity index (χ2n) is 9.78. The van der Waals surface area contributed by atoms with Crippen LogP contribution in [0.3, 0.4) is 0 Å². The van der Waals surface area contributed by atoms with Gasteiger partial charge in [-0.15, -0.1) is 10.2 Å². The molecule has 6 rings (SSSR count). The van der Waals surface area contributed by atoms with Crippen molar-refractivity contribution in [3.8, 4) is 11.3 Å². The minimum atomic E-state index is -1.18. The van der Waals surface area contributed by atoms with Crippen LogP contribution in [0, 0.1) is 13.8 Å². The van der Waals surface area contributed by atoms with Gasteiger partial charge in [0.05, 0.1) is 5.71 Å². The molecule has 2 N–H and O–H groups in total. The number of aryl methyl sites for hydroxylation is 2. The van der Waals surface area contributed by atoms with E-state index in [-0.39, 0.29) is 0 Å². The SMILES string of the molecule is Cc1ccc(-c2nnc(N/N=C3/C=C(c4ccccc4)[C@@](O)(c4ccccc4)C3)c3ccccc23)cc1C. The molecule has 1 aliphatic carbocycles. The highest BCUT2D eigenvalue weighted by Crippen LogP contribution is 2.44. The number of hydrogen-bond acceptors (Lipinski definition) is 5. The number of allylic oxidation sites excluding steroid dienone is 1. The Hall–Kier alpha value is -4.61. The summed E-state index contributed by atoms with van der Waals surface area (Å²) in [4.78, 5) is 0. The molecule has 1 aliphatic rings. The smallest absolute Gasteiger partial charge is 0.176 e. The van der Waals surface area contributed by atoms with Gasteiger partial charge in [-0.05, 0) is 53.8 Å². The first-order valence-electron chi connectivity index (χ1n) is 12.7. The average Bonchev–Trinajstić information content (AvgIpc) is 3.31. The summed E-state index contributed by atoms with van der Waals surface area (Å²) in [5.74, 6) is 0.575. The third kappa shape index (κ3) is 4.27. The molecule has 0 bridgehead atoms. The predicted octanol–water partition coefficient (Wildman–Crippen LogP) is 7.06. The van der Waals surface area contributed by atoms with Crippen LogP contribution in [0.2, 0.25) is 0 Å². The molecule has 5 heteroatoms. The number of aliphatic hydroxyl groups is 1. The number of anilines is 1. The van der Waals surface area contributed by atoms with Gasteiger partial charge in [0, 0.05) is 22.8 Å². The Morgan fingerprint density at radius 3 is 2.16 bits per heavy atom. The summed E-state index contributed by atoms with van der Waals surface area (Å²) in [6.45, 7) is 4.21. The van der Waals surface area contributed by atoms with Gasteiger partial charge < -0.3 is 5.11 Å². The zero-order valence-electron chi connectivity index (χ0n) is 21.4. The Morgan fingerprint density at radius 1 is 0.737 bits per heavy atom. The summed E-state index contributed by atoms with van der Waals surface area (Å²) in [6, 6.07) is 34.2. The first-order chi connectivity index (χ1) is 18.5. The highest BCUT2D eigenvalue weighted by atomic mass is 16.3. The predicted molar refractivity (Wildman–Crippen MR) is 155 cm³/mol. The maximum atomic E-state index is 11.9. The third-order valence-corrected chi connectivity index (χ3v) is 7.30. The van der Waals surface area contributed by atoms with E-state index in [1.165, 1.54) is 11.1 Å². The quantitative estimate of drug-likeness (QED) is 0.256. The van der Waals surface area contributed by atoms with Gasteiger partial charge in [-0.2, -0.15) is 5.10 Å². The molecule has 5 nitrogen and oxygen atoms in total. The van der Waals surface area contributed by atoms with Crippen molar-refractivity contribution in [3.05, 3.63) is 131 Å². The van der Waals surface area contributed by atoms with Crippen molar-refractivity contribution in [3.63, 3.8) is 0 Å². The minimum Gasteiger partial charge on any atom is -0.380 e. The van der Waals surface area contributed by atoms with E-state index in [4.69, 9.17) is 5.10 Å². The summed E-state index contributed by atoms with van der Waals surface area (Å²) in [5, 5.41) is 27.6. The van der Waals surface area contributed by atoms with Crippen LogP contribution in [-0.2, 0) is 5.60 Å². The van der Waals surface area contributed by atoms with Crippen molar-refractivity contribution < 1.29 is 5.11 Å². The Kier molecular flexibility index (Phi) is 6.06. The van der Waals surface area contributed by atoms with Crippen LogP contribution >= 0.6 is 0 Å². The molecule has 1 heterocycles. The molecule has 1 aromatic heterocycles. The number of rotatable bonds is 5. The topological polar surface area (TPSA) is 70.4 Å². The van der Waals surface area contributed by atoms with E-state index in [1.54, 1.807) is 0 Å². The van der Waals surface area contributed by atoms with Gasteiger partial charge in [-0.25, -0.2) is 0 Å². The van der Waals surface area contributed by atoms with Gasteiger partial charge in [0.15, 0.2) is 5.82 Å². The van der Waals surface area contributed by atoms with Crippen LogP contribution in [0.1, 0.15) is 28.7 Å². The lowest BCUT2D eigenvalue weighted by Gasteiger charge is -2.27. The number of nitrogens with one attached hydrogen (secondary N) is 1. The molecular weight excluding hydrogens is 468 g/mol. The standard InChI is InChI=1S/C33H28N4O/c1-22-17-18-25(19-23(22)2)31-28-15-9-10-16-29(28)32(37-35-31)36-34-27-20-30(24-11-5-3-6-12-24)33(38,21-27)26-13-7-4-8-14-26/h3-20,38H,21H2,1-2H3,(H,36,37)/b34-27-/t33-/m0/s1. The summed E-state index contributed by atoms with van der Waals surface area (Å²) >= 11 is 0. The molecule has 186 valence electrons. The number of nitrogens with zero attached hydrogens (tertiary/aromatic N) is 3. The monoisotopic (exact) mass is 496 g/mol. The first kappa shape index (κ1) is 23.8. The lowest BCUT2D eigenvalue weighted by Crippen LogP contribution is -2.25. The number of benzene rings is 4. The lowest BCUT2D eigenvalue weighted by atomic mass is 9.84. The summed E-state index contributed by atoms with van der Waals surface area (Å²) in [5.41, 5.74) is 9.67. The highest BCUT2D eigenvalue weighted by molar-refractivity contribution is 6.09. The van der Waals surface area contributed by atoms with Crippen LogP contribution in [0.25, 0.3) is 27.6 Å². The van der Waals surface area contributed by atoms with Crippen molar-refractivity contribution in [2.75, 3.05) is 5.43 Å². The number of aromatic nitrogens is 2. The van der Waals surface area contributed by atoms with Crippen molar-refractivity contribution in [2.24, 2.45) is 5.10 Å². The fourth-order valence-electron chi connectivity index (χ4n) is 5.09. The maximum Gasteiger partial charge on any atom is 0.176 e. The zero-order chi connectivity index (χ0) is 26.1. The number of hydrogen-bond donors (Lipinski definition) is 2.